The van der Waals surface area contributed by atoms with Crippen LogP contribution in [-0.2, 0) is 10.3 Å². The molecule has 4 atom stereocenters. The van der Waals surface area contributed by atoms with Crippen LogP contribution in [0.3, 0.4) is 0 Å². The molecule has 34 heavy (non-hydrogen) atoms. The fourth-order valence-corrected chi connectivity index (χ4v) is 7.45. The van der Waals surface area contributed by atoms with Gasteiger partial charge < -0.3 is 10.1 Å². The number of nitrogens with one attached hydrogen (secondary N) is 1. The summed E-state index contributed by atoms with van der Waals surface area (Å²) in [7, 11) is 1.63. The monoisotopic (exact) mass is 470 g/mol. The molecule has 3 aromatic carbocycles. The maximum Gasteiger partial charge on any atom is 0.250 e. The van der Waals surface area contributed by atoms with E-state index in [1.165, 1.54) is 0 Å². The van der Waals surface area contributed by atoms with E-state index in [1.54, 1.807) is 7.11 Å². The van der Waals surface area contributed by atoms with Crippen LogP contribution in [0, 0.1) is 12.8 Å². The predicted molar refractivity (Wildman–Crippen MR) is 134 cm³/mol. The maximum absolute atomic E-state index is 14.4. The largest absolute Gasteiger partial charge is 0.497 e. The third-order valence-electron chi connectivity index (χ3n) is 7.63. The van der Waals surface area contributed by atoms with E-state index >= 15 is 0 Å². The molecule has 3 aliphatic rings. The number of fused-ring (bicyclic) bond motifs is 4. The molecule has 2 fully saturated rings. The van der Waals surface area contributed by atoms with Crippen LogP contribution in [0.5, 0.6) is 5.75 Å². The van der Waals surface area contributed by atoms with Crippen LogP contribution in [0.4, 0.5) is 5.69 Å². The summed E-state index contributed by atoms with van der Waals surface area (Å²) in [5.74, 6) is 1.50. The van der Waals surface area contributed by atoms with E-state index in [0.29, 0.717) is 17.2 Å². The van der Waals surface area contributed by atoms with Crippen molar-refractivity contribution in [2.24, 2.45) is 5.92 Å². The van der Waals surface area contributed by atoms with E-state index in [4.69, 9.17) is 4.74 Å². The molecule has 172 valence electrons. The predicted octanol–water partition coefficient (Wildman–Crippen LogP) is 4.82. The minimum atomic E-state index is -1.08. The number of hydrogen-bond acceptors (Lipinski definition) is 5. The van der Waals surface area contributed by atoms with Crippen LogP contribution < -0.4 is 10.1 Å². The first kappa shape index (κ1) is 21.4. The molecular weight excluding hydrogens is 444 g/mol. The van der Waals surface area contributed by atoms with Gasteiger partial charge in [-0.15, -0.1) is 11.8 Å². The lowest BCUT2D eigenvalue weighted by Crippen LogP contribution is -2.52. The van der Waals surface area contributed by atoms with Crippen LogP contribution in [0.25, 0.3) is 0 Å². The number of anilines is 1. The second kappa shape index (κ2) is 8.00. The minimum absolute atomic E-state index is 0.0130. The number of carbonyl (C=O) groups is 2. The molecule has 2 saturated heterocycles. The van der Waals surface area contributed by atoms with Crippen molar-refractivity contribution < 1.29 is 14.3 Å². The number of aryl methyl sites for hydroxylation is 1. The number of methoxy groups -OCH3 is 1. The third kappa shape index (κ3) is 2.91. The fourth-order valence-electron chi connectivity index (χ4n) is 6.13. The second-order valence-electron chi connectivity index (χ2n) is 9.31. The number of benzene rings is 3. The first-order chi connectivity index (χ1) is 16.6. The van der Waals surface area contributed by atoms with Crippen LogP contribution in [0.2, 0.25) is 0 Å². The molecule has 1 spiro atoms. The van der Waals surface area contributed by atoms with E-state index in [9.17, 15) is 9.59 Å². The molecule has 6 heteroatoms. The number of ether oxygens (including phenoxy) is 1. The molecule has 1 amide bonds. The van der Waals surface area contributed by atoms with Crippen molar-refractivity contribution in [3.05, 3.63) is 95.1 Å². The van der Waals surface area contributed by atoms with Crippen LogP contribution in [0.15, 0.2) is 72.8 Å². The summed E-state index contributed by atoms with van der Waals surface area (Å²) in [5, 5.41) is 3.11. The highest BCUT2D eigenvalue weighted by atomic mass is 32.2. The first-order valence-electron chi connectivity index (χ1n) is 11.6. The summed E-state index contributed by atoms with van der Waals surface area (Å²) in [6, 6.07) is 23.7. The van der Waals surface area contributed by atoms with Crippen LogP contribution in [-0.4, -0.2) is 41.4 Å². The Morgan fingerprint density at radius 2 is 1.85 bits per heavy atom. The van der Waals surface area contributed by atoms with Gasteiger partial charge in [0.1, 0.15) is 11.3 Å². The molecular formula is C28H26N2O3S. The summed E-state index contributed by atoms with van der Waals surface area (Å²) in [6.45, 7) is 2.01. The number of carbonyl (C=O) groups excluding carboxylic acids is 2. The van der Waals surface area contributed by atoms with Crippen LogP contribution in [0.1, 0.15) is 33.0 Å². The van der Waals surface area contributed by atoms with Crippen molar-refractivity contribution in [3.8, 4) is 5.75 Å². The van der Waals surface area contributed by atoms with Gasteiger partial charge in [0.15, 0.2) is 5.78 Å². The highest BCUT2D eigenvalue weighted by Gasteiger charge is 2.69. The Bertz CT molecular complexity index is 1280. The normalized spacial score (nSPS) is 27.5. The van der Waals surface area contributed by atoms with Gasteiger partial charge in [-0.05, 0) is 30.7 Å². The molecule has 0 saturated carbocycles. The van der Waals surface area contributed by atoms with Crippen molar-refractivity contribution >= 4 is 29.1 Å². The minimum Gasteiger partial charge on any atom is -0.497 e. The zero-order chi connectivity index (χ0) is 23.4. The molecule has 0 aromatic heterocycles. The van der Waals surface area contributed by atoms with Crippen LogP contribution >= 0.6 is 11.8 Å². The van der Waals surface area contributed by atoms with Gasteiger partial charge in [0, 0.05) is 40.4 Å². The quantitative estimate of drug-likeness (QED) is 0.554. The number of hydrogen-bond donors (Lipinski definition) is 1. The molecule has 3 heterocycles. The number of rotatable bonds is 4. The van der Waals surface area contributed by atoms with Crippen molar-refractivity contribution in [2.45, 2.75) is 24.4 Å². The Balaban J connectivity index is 1.62. The Morgan fingerprint density at radius 1 is 1.09 bits per heavy atom. The van der Waals surface area contributed by atoms with E-state index in [-0.39, 0.29) is 23.7 Å². The van der Waals surface area contributed by atoms with Crippen molar-refractivity contribution in [1.82, 2.24) is 4.90 Å². The molecule has 3 aromatic rings. The van der Waals surface area contributed by atoms with Gasteiger partial charge in [0.2, 0.25) is 5.91 Å². The Labute approximate surface area is 203 Å². The summed E-state index contributed by atoms with van der Waals surface area (Å²) >= 11 is 1.83. The summed E-state index contributed by atoms with van der Waals surface area (Å²) in [5.41, 5.74) is 3.37. The highest BCUT2D eigenvalue weighted by molar-refractivity contribution is 7.99. The van der Waals surface area contributed by atoms with Gasteiger partial charge in [-0.3, -0.25) is 14.5 Å². The maximum atomic E-state index is 14.4. The average molecular weight is 471 g/mol. The van der Waals surface area contributed by atoms with Gasteiger partial charge in [-0.1, -0.05) is 60.2 Å². The molecule has 6 rings (SSSR count). The standard InChI is InChI=1S/C28H26N2O3S/c1-17-8-10-19(11-9-17)26(31)25-24(18-6-4-3-5-7-18)23-15-34-16-30(23)28(25)21-14-20(33-2)12-13-22(21)29-27(28)32/h3-14,23-25H,15-16H2,1-2H3,(H,29,32)/t23-,24+,25-,28-/m1/s1. The molecule has 0 radical (unpaired) electrons. The SMILES string of the molecule is COc1ccc2c(c1)[C@]1(C(=O)N2)[C@@H](C(=O)c2ccc(C)cc2)[C@@H](c2ccccc2)[C@H]2CSCN21. The number of thioether (sulfide) groups is 1. The van der Waals surface area contributed by atoms with Gasteiger partial charge >= 0.3 is 0 Å². The lowest BCUT2D eigenvalue weighted by molar-refractivity contribution is -0.127. The molecule has 5 nitrogen and oxygen atoms in total. The zero-order valence-electron chi connectivity index (χ0n) is 19.2. The molecule has 3 aliphatic heterocycles. The Kier molecular flexibility index (Phi) is 5.04. The zero-order valence-corrected chi connectivity index (χ0v) is 20.0. The van der Waals surface area contributed by atoms with Crippen molar-refractivity contribution in [1.29, 1.82) is 0 Å². The molecule has 0 aliphatic carbocycles. The highest BCUT2D eigenvalue weighted by Crippen LogP contribution is 2.61. The number of amides is 1. The van der Waals surface area contributed by atoms with E-state index < -0.39 is 11.5 Å². The smallest absolute Gasteiger partial charge is 0.250 e. The van der Waals surface area contributed by atoms with E-state index in [1.807, 2.05) is 79.3 Å². The van der Waals surface area contributed by atoms with Gasteiger partial charge in [0.25, 0.3) is 0 Å². The summed E-state index contributed by atoms with van der Waals surface area (Å²) in [4.78, 5) is 30.7. The molecule has 1 N–H and O–H groups in total. The Hall–Kier alpha value is -3.09. The van der Waals surface area contributed by atoms with E-state index in [0.717, 1.165) is 28.1 Å². The summed E-state index contributed by atoms with van der Waals surface area (Å²) in [6.07, 6.45) is 0. The fraction of sp³-hybridized carbons (Fsp3) is 0.286. The lowest BCUT2D eigenvalue weighted by Gasteiger charge is -2.36. The van der Waals surface area contributed by atoms with Crippen molar-refractivity contribution in [3.63, 3.8) is 0 Å². The summed E-state index contributed by atoms with van der Waals surface area (Å²) < 4.78 is 5.55. The lowest BCUT2D eigenvalue weighted by atomic mass is 9.69. The molecule has 0 bridgehead atoms. The Morgan fingerprint density at radius 3 is 2.59 bits per heavy atom. The van der Waals surface area contributed by atoms with Crippen molar-refractivity contribution in [2.75, 3.05) is 24.1 Å². The van der Waals surface area contributed by atoms with E-state index in [2.05, 4.69) is 22.3 Å². The molecule has 0 unspecified atom stereocenters. The van der Waals surface area contributed by atoms with Gasteiger partial charge in [0.05, 0.1) is 13.0 Å². The van der Waals surface area contributed by atoms with Gasteiger partial charge in [-0.2, -0.15) is 0 Å². The van der Waals surface area contributed by atoms with Gasteiger partial charge in [-0.25, -0.2) is 0 Å². The average Bonchev–Trinajstić information content (AvgIpc) is 3.52. The number of ketones is 1. The number of nitrogens with zero attached hydrogens (tertiary/aromatic N) is 1. The second-order valence-corrected chi connectivity index (χ2v) is 10.3. The number of Topliss-reactive ketones (excluding diaryl/α,β-unsaturated/α-hetero) is 1. The third-order valence-corrected chi connectivity index (χ3v) is 8.67. The first-order valence-corrected chi connectivity index (χ1v) is 12.7. The topological polar surface area (TPSA) is 58.6 Å².